The molecule has 9 heteroatoms. The van der Waals surface area contributed by atoms with Gasteiger partial charge in [-0.3, -0.25) is 0 Å². The highest BCUT2D eigenvalue weighted by Gasteiger charge is 2.20. The Hall–Kier alpha value is -2.87. The van der Waals surface area contributed by atoms with Gasteiger partial charge in [0.1, 0.15) is 6.61 Å². The normalized spacial score (nSPS) is 12.6. The molecule has 1 aliphatic rings. The summed E-state index contributed by atoms with van der Waals surface area (Å²) in [6.45, 7) is 1.97. The minimum atomic E-state index is -0.645. The number of halogens is 1. The van der Waals surface area contributed by atoms with Gasteiger partial charge in [0.2, 0.25) is 6.79 Å². The maximum atomic E-state index is 12.1. The number of ether oxygens (including phenoxy) is 3. The molecule has 0 saturated carbocycles. The maximum Gasteiger partial charge on any atom is 0.378 e. The zero-order valence-corrected chi connectivity index (χ0v) is 13.3. The second kappa shape index (κ2) is 5.64. The molecule has 0 aliphatic carbocycles. The van der Waals surface area contributed by atoms with Gasteiger partial charge in [0.05, 0.1) is 5.02 Å². The van der Waals surface area contributed by atoms with Gasteiger partial charge in [-0.15, -0.1) is 5.10 Å². The summed E-state index contributed by atoms with van der Waals surface area (Å²) in [5, 5.41) is 4.50. The SMILES string of the molecule is Cc1ccnc2nc(C(=O)OCc3cc(Cl)c4c(c3)OCO4)nn12. The van der Waals surface area contributed by atoms with Gasteiger partial charge in [-0.2, -0.15) is 4.98 Å². The van der Waals surface area contributed by atoms with Gasteiger partial charge in [-0.1, -0.05) is 11.6 Å². The first-order valence-electron chi connectivity index (χ1n) is 7.05. The summed E-state index contributed by atoms with van der Waals surface area (Å²) in [6, 6.07) is 5.14. The van der Waals surface area contributed by atoms with Crippen molar-refractivity contribution in [1.29, 1.82) is 0 Å². The molecule has 122 valence electrons. The van der Waals surface area contributed by atoms with E-state index in [0.29, 0.717) is 27.9 Å². The van der Waals surface area contributed by atoms with Crippen LogP contribution in [0.4, 0.5) is 0 Å². The maximum absolute atomic E-state index is 12.1. The van der Waals surface area contributed by atoms with E-state index in [4.69, 9.17) is 25.8 Å². The third-order valence-corrected chi connectivity index (χ3v) is 3.75. The quantitative estimate of drug-likeness (QED) is 0.671. The molecule has 0 unspecified atom stereocenters. The second-order valence-corrected chi connectivity index (χ2v) is 5.53. The smallest absolute Gasteiger partial charge is 0.378 e. The Morgan fingerprint density at radius 3 is 3.12 bits per heavy atom. The van der Waals surface area contributed by atoms with Crippen molar-refractivity contribution in [2.45, 2.75) is 13.5 Å². The van der Waals surface area contributed by atoms with Crippen molar-refractivity contribution in [2.24, 2.45) is 0 Å². The third-order valence-electron chi connectivity index (χ3n) is 3.47. The lowest BCUT2D eigenvalue weighted by Crippen LogP contribution is -2.08. The number of fused-ring (bicyclic) bond motifs is 2. The van der Waals surface area contributed by atoms with Crippen LogP contribution in [0, 0.1) is 6.92 Å². The van der Waals surface area contributed by atoms with Crippen LogP contribution in [0.2, 0.25) is 5.02 Å². The van der Waals surface area contributed by atoms with E-state index in [2.05, 4.69) is 15.1 Å². The monoisotopic (exact) mass is 346 g/mol. The molecule has 4 rings (SSSR count). The lowest BCUT2D eigenvalue weighted by molar-refractivity contribution is 0.0458. The van der Waals surface area contributed by atoms with Crippen LogP contribution in [0.25, 0.3) is 5.78 Å². The Morgan fingerprint density at radius 2 is 2.29 bits per heavy atom. The Kier molecular flexibility index (Phi) is 3.46. The molecular weight excluding hydrogens is 336 g/mol. The van der Waals surface area contributed by atoms with Gasteiger partial charge in [-0.05, 0) is 30.7 Å². The van der Waals surface area contributed by atoms with E-state index in [-0.39, 0.29) is 19.2 Å². The van der Waals surface area contributed by atoms with Gasteiger partial charge in [-0.25, -0.2) is 14.3 Å². The van der Waals surface area contributed by atoms with Crippen LogP contribution in [-0.2, 0) is 11.3 Å². The minimum Gasteiger partial charge on any atom is -0.455 e. The highest BCUT2D eigenvalue weighted by molar-refractivity contribution is 6.32. The van der Waals surface area contributed by atoms with Crippen molar-refractivity contribution in [3.63, 3.8) is 0 Å². The molecule has 0 amide bonds. The molecule has 2 aromatic heterocycles. The minimum absolute atomic E-state index is 0.0111. The Morgan fingerprint density at radius 1 is 1.42 bits per heavy atom. The highest BCUT2D eigenvalue weighted by atomic mass is 35.5. The molecule has 0 saturated heterocycles. The molecular formula is C15H11ClN4O4. The number of rotatable bonds is 3. The molecule has 1 aromatic carbocycles. The molecule has 0 bridgehead atoms. The number of benzene rings is 1. The second-order valence-electron chi connectivity index (χ2n) is 5.12. The van der Waals surface area contributed by atoms with Crippen LogP contribution in [0.1, 0.15) is 21.9 Å². The van der Waals surface area contributed by atoms with E-state index in [1.54, 1.807) is 24.4 Å². The average molecular weight is 347 g/mol. The highest BCUT2D eigenvalue weighted by Crippen LogP contribution is 2.39. The Balaban J connectivity index is 1.52. The van der Waals surface area contributed by atoms with Crippen LogP contribution in [0.5, 0.6) is 11.5 Å². The van der Waals surface area contributed by atoms with E-state index in [1.807, 2.05) is 6.92 Å². The summed E-state index contributed by atoms with van der Waals surface area (Å²) in [7, 11) is 0. The number of carbonyl (C=O) groups excluding carboxylic acids is 1. The largest absolute Gasteiger partial charge is 0.455 e. The fourth-order valence-corrected chi connectivity index (χ4v) is 2.60. The van der Waals surface area contributed by atoms with Crippen LogP contribution in [-0.4, -0.2) is 32.3 Å². The summed E-state index contributed by atoms with van der Waals surface area (Å²) >= 11 is 6.10. The van der Waals surface area contributed by atoms with E-state index >= 15 is 0 Å². The number of hydrogen-bond acceptors (Lipinski definition) is 7. The van der Waals surface area contributed by atoms with Crippen LogP contribution in [0.15, 0.2) is 24.4 Å². The average Bonchev–Trinajstić information content (AvgIpc) is 3.20. The number of hydrogen-bond donors (Lipinski definition) is 0. The predicted octanol–water partition coefficient (Wildman–Crippen LogP) is 2.17. The van der Waals surface area contributed by atoms with E-state index < -0.39 is 5.97 Å². The van der Waals surface area contributed by atoms with Gasteiger partial charge < -0.3 is 14.2 Å². The lowest BCUT2D eigenvalue weighted by atomic mass is 10.2. The van der Waals surface area contributed by atoms with Crippen molar-refractivity contribution < 1.29 is 19.0 Å². The van der Waals surface area contributed by atoms with Crippen molar-refractivity contribution in [1.82, 2.24) is 19.6 Å². The van der Waals surface area contributed by atoms with Gasteiger partial charge >= 0.3 is 5.97 Å². The summed E-state index contributed by atoms with van der Waals surface area (Å²) in [5.74, 6) is 0.667. The molecule has 1 aliphatic heterocycles. The van der Waals surface area contributed by atoms with Crippen molar-refractivity contribution in [3.05, 3.63) is 46.5 Å². The summed E-state index contributed by atoms with van der Waals surface area (Å²) < 4.78 is 17.2. The predicted molar refractivity (Wildman–Crippen MR) is 82.2 cm³/mol. The van der Waals surface area contributed by atoms with Crippen molar-refractivity contribution >= 4 is 23.3 Å². The number of aromatic nitrogens is 4. The molecule has 0 N–H and O–H groups in total. The van der Waals surface area contributed by atoms with Crippen LogP contribution < -0.4 is 9.47 Å². The Labute approximate surface area is 140 Å². The third kappa shape index (κ3) is 2.50. The first-order chi connectivity index (χ1) is 11.6. The fraction of sp³-hybridized carbons (Fsp3) is 0.200. The molecule has 3 aromatic rings. The number of nitrogens with zero attached hydrogens (tertiary/aromatic N) is 4. The first-order valence-corrected chi connectivity index (χ1v) is 7.43. The van der Waals surface area contributed by atoms with E-state index in [1.165, 1.54) is 4.52 Å². The standard InChI is InChI=1S/C15H11ClN4O4/c1-8-2-3-17-15-18-13(19-20(8)15)14(21)22-6-9-4-10(16)12-11(5-9)23-7-24-12/h2-5H,6-7H2,1H3. The topological polar surface area (TPSA) is 87.8 Å². The molecule has 8 nitrogen and oxygen atoms in total. The first kappa shape index (κ1) is 14.7. The number of aryl methyl sites for hydroxylation is 1. The van der Waals surface area contributed by atoms with Gasteiger partial charge in [0, 0.05) is 11.9 Å². The van der Waals surface area contributed by atoms with Crippen molar-refractivity contribution in [2.75, 3.05) is 6.79 Å². The zero-order chi connectivity index (χ0) is 16.7. The molecule has 0 radical (unpaired) electrons. The van der Waals surface area contributed by atoms with Gasteiger partial charge in [0.15, 0.2) is 11.5 Å². The summed E-state index contributed by atoms with van der Waals surface area (Å²) in [6.07, 6.45) is 1.60. The molecule has 0 atom stereocenters. The van der Waals surface area contributed by atoms with Crippen LogP contribution >= 0.6 is 11.6 Å². The Bertz CT molecular complexity index is 956. The van der Waals surface area contributed by atoms with Crippen LogP contribution in [0.3, 0.4) is 0 Å². The van der Waals surface area contributed by atoms with Gasteiger partial charge in [0.25, 0.3) is 11.6 Å². The van der Waals surface area contributed by atoms with E-state index in [0.717, 1.165) is 5.69 Å². The molecule has 0 spiro atoms. The number of carbonyl (C=O) groups is 1. The van der Waals surface area contributed by atoms with E-state index in [9.17, 15) is 4.79 Å². The molecule has 0 fully saturated rings. The zero-order valence-electron chi connectivity index (χ0n) is 12.5. The number of esters is 1. The molecule has 3 heterocycles. The summed E-state index contributed by atoms with van der Waals surface area (Å²) in [4.78, 5) is 20.2. The lowest BCUT2D eigenvalue weighted by Gasteiger charge is -2.05. The summed E-state index contributed by atoms with van der Waals surface area (Å²) in [5.41, 5.74) is 1.49. The fourth-order valence-electron chi connectivity index (χ4n) is 2.31. The molecule has 24 heavy (non-hydrogen) atoms. The van der Waals surface area contributed by atoms with Crippen molar-refractivity contribution in [3.8, 4) is 11.5 Å².